The highest BCUT2D eigenvalue weighted by molar-refractivity contribution is 7.90. The minimum atomic E-state index is -3.12. The Morgan fingerprint density at radius 3 is 2.39 bits per heavy atom. The van der Waals surface area contributed by atoms with Gasteiger partial charge in [0.1, 0.15) is 9.84 Å². The van der Waals surface area contributed by atoms with Crippen LogP contribution in [0, 0.1) is 5.92 Å². The van der Waals surface area contributed by atoms with Crippen molar-refractivity contribution in [1.82, 2.24) is 9.88 Å². The van der Waals surface area contributed by atoms with Crippen molar-refractivity contribution in [3.05, 3.63) is 89.2 Å². The topological polar surface area (TPSA) is 105 Å². The van der Waals surface area contributed by atoms with Gasteiger partial charge in [-0.15, -0.1) is 0 Å². The van der Waals surface area contributed by atoms with E-state index in [1.165, 1.54) is 12.5 Å². The van der Waals surface area contributed by atoms with E-state index < -0.39 is 15.8 Å². The lowest BCUT2D eigenvalue weighted by molar-refractivity contribution is -0.136. The van der Waals surface area contributed by atoms with Crippen molar-refractivity contribution in [3.8, 4) is 11.1 Å². The number of aromatic nitrogens is 1. The van der Waals surface area contributed by atoms with Crippen LogP contribution >= 0.6 is 0 Å². The summed E-state index contributed by atoms with van der Waals surface area (Å²) in [6.45, 7) is 0.829. The van der Waals surface area contributed by atoms with E-state index in [9.17, 15) is 23.1 Å². The lowest BCUT2D eigenvalue weighted by atomic mass is 9.96. The lowest BCUT2D eigenvalue weighted by Crippen LogP contribution is -2.31. The fourth-order valence-electron chi connectivity index (χ4n) is 4.23. The number of amides is 1. The molecule has 0 saturated heterocycles. The van der Waals surface area contributed by atoms with Gasteiger partial charge in [-0.3, -0.25) is 14.6 Å². The molecule has 188 valence electrons. The van der Waals surface area contributed by atoms with Crippen LogP contribution in [0.25, 0.3) is 11.1 Å². The second-order valence-corrected chi connectivity index (χ2v) is 11.7. The molecule has 0 bridgehead atoms. The minimum absolute atomic E-state index is 0.0379. The standard InChI is InChI=1S/C28H30N2O5S/c1-36(34,35)12-11-20-7-10-26(24-14-22(15-27(31)32)16-29-17-24)25(13-20)19-30(28(33)23-8-9-23)18-21-5-3-2-4-6-21/h2-7,10,13-14,16-17,23H,8-9,11-12,15,18-19H2,1H3,(H,31,32). The molecule has 0 unspecified atom stereocenters. The normalized spacial score (nSPS) is 13.4. The van der Waals surface area contributed by atoms with Crippen molar-refractivity contribution in [3.63, 3.8) is 0 Å². The Morgan fingerprint density at radius 2 is 1.72 bits per heavy atom. The first-order valence-corrected chi connectivity index (χ1v) is 14.0. The van der Waals surface area contributed by atoms with Crippen LogP contribution in [0.2, 0.25) is 0 Å². The molecule has 0 spiro atoms. The molecule has 1 N–H and O–H groups in total. The van der Waals surface area contributed by atoms with Gasteiger partial charge in [0.25, 0.3) is 0 Å². The Labute approximate surface area is 211 Å². The molecule has 7 nitrogen and oxygen atoms in total. The van der Waals surface area contributed by atoms with Crippen LogP contribution in [0.3, 0.4) is 0 Å². The van der Waals surface area contributed by atoms with Gasteiger partial charge < -0.3 is 10.0 Å². The number of carbonyl (C=O) groups is 2. The minimum Gasteiger partial charge on any atom is -0.481 e. The largest absolute Gasteiger partial charge is 0.481 e. The molecule has 8 heteroatoms. The summed E-state index contributed by atoms with van der Waals surface area (Å²) in [5, 5.41) is 9.20. The van der Waals surface area contributed by atoms with Crippen LogP contribution in [0.5, 0.6) is 0 Å². The van der Waals surface area contributed by atoms with Crippen molar-refractivity contribution in [2.24, 2.45) is 5.92 Å². The number of nitrogens with zero attached hydrogens (tertiary/aromatic N) is 2. The van der Waals surface area contributed by atoms with E-state index in [0.717, 1.165) is 40.7 Å². The lowest BCUT2D eigenvalue weighted by Gasteiger charge is -2.25. The Kier molecular flexibility index (Phi) is 7.84. The molecule has 0 atom stereocenters. The Bertz CT molecular complexity index is 1350. The third kappa shape index (κ3) is 7.24. The molecule has 0 aliphatic heterocycles. The summed E-state index contributed by atoms with van der Waals surface area (Å²) in [4.78, 5) is 30.6. The molecule has 36 heavy (non-hydrogen) atoms. The van der Waals surface area contributed by atoms with Crippen molar-refractivity contribution in [2.45, 2.75) is 38.8 Å². The number of carboxylic acids is 1. The Hall–Kier alpha value is -3.52. The number of benzene rings is 2. The molecular weight excluding hydrogens is 476 g/mol. The average Bonchev–Trinajstić information content (AvgIpc) is 3.68. The SMILES string of the molecule is CS(=O)(=O)CCc1ccc(-c2cncc(CC(=O)O)c2)c(CN(Cc2ccccc2)C(=O)C2CC2)c1. The highest BCUT2D eigenvalue weighted by Gasteiger charge is 2.33. The number of pyridine rings is 1. The number of hydrogen-bond donors (Lipinski definition) is 1. The van der Waals surface area contributed by atoms with Gasteiger partial charge in [-0.2, -0.15) is 0 Å². The van der Waals surface area contributed by atoms with Crippen LogP contribution in [0.1, 0.15) is 35.1 Å². The van der Waals surface area contributed by atoms with E-state index >= 15 is 0 Å². The molecule has 1 aliphatic carbocycles. The molecule has 1 amide bonds. The fraction of sp³-hybridized carbons (Fsp3) is 0.321. The molecule has 1 fully saturated rings. The zero-order valence-electron chi connectivity index (χ0n) is 20.3. The van der Waals surface area contributed by atoms with Crippen molar-refractivity contribution >= 4 is 21.7 Å². The summed E-state index contributed by atoms with van der Waals surface area (Å²) in [6.07, 6.45) is 6.47. The third-order valence-electron chi connectivity index (χ3n) is 6.21. The summed E-state index contributed by atoms with van der Waals surface area (Å²) in [5.41, 5.74) is 4.97. The molecule has 2 aromatic carbocycles. The molecular formula is C28H30N2O5S. The van der Waals surface area contributed by atoms with Crippen LogP contribution < -0.4 is 0 Å². The van der Waals surface area contributed by atoms with Gasteiger partial charge in [-0.1, -0.05) is 48.5 Å². The van der Waals surface area contributed by atoms with Crippen molar-refractivity contribution < 1.29 is 23.1 Å². The molecule has 1 saturated carbocycles. The second kappa shape index (κ2) is 11.0. The number of carboxylic acid groups (broad SMARTS) is 1. The maximum Gasteiger partial charge on any atom is 0.307 e. The first kappa shape index (κ1) is 25.6. The zero-order valence-corrected chi connectivity index (χ0v) is 21.1. The molecule has 4 rings (SSSR count). The van der Waals surface area contributed by atoms with Gasteiger partial charge in [0, 0.05) is 43.2 Å². The van der Waals surface area contributed by atoms with Crippen LogP contribution in [0.15, 0.2) is 67.0 Å². The summed E-state index contributed by atoms with van der Waals surface area (Å²) >= 11 is 0. The second-order valence-electron chi connectivity index (χ2n) is 9.48. The van der Waals surface area contributed by atoms with Gasteiger partial charge >= 0.3 is 5.97 Å². The van der Waals surface area contributed by atoms with Gasteiger partial charge in [0.15, 0.2) is 0 Å². The molecule has 1 aromatic heterocycles. The average molecular weight is 507 g/mol. The molecule has 3 aromatic rings. The predicted molar refractivity (Wildman–Crippen MR) is 138 cm³/mol. The van der Waals surface area contributed by atoms with Crippen LogP contribution in [-0.4, -0.2) is 47.3 Å². The van der Waals surface area contributed by atoms with Crippen molar-refractivity contribution in [1.29, 1.82) is 0 Å². The van der Waals surface area contributed by atoms with E-state index in [0.29, 0.717) is 25.1 Å². The van der Waals surface area contributed by atoms with Crippen LogP contribution in [0.4, 0.5) is 0 Å². The highest BCUT2D eigenvalue weighted by Crippen LogP contribution is 2.33. The Morgan fingerprint density at radius 1 is 0.972 bits per heavy atom. The zero-order chi connectivity index (χ0) is 25.7. The smallest absolute Gasteiger partial charge is 0.307 e. The summed E-state index contributed by atoms with van der Waals surface area (Å²) in [6, 6.07) is 17.4. The number of carbonyl (C=O) groups excluding carboxylic acids is 1. The van der Waals surface area contributed by atoms with Gasteiger partial charge in [0.05, 0.1) is 12.2 Å². The summed E-state index contributed by atoms with van der Waals surface area (Å²) < 4.78 is 23.5. The van der Waals surface area contributed by atoms with E-state index in [1.807, 2.05) is 53.4 Å². The fourth-order valence-corrected chi connectivity index (χ4v) is 4.84. The van der Waals surface area contributed by atoms with Crippen LogP contribution in [-0.2, 0) is 45.4 Å². The molecule has 0 radical (unpaired) electrons. The Balaban J connectivity index is 1.71. The molecule has 1 heterocycles. The first-order chi connectivity index (χ1) is 17.2. The predicted octanol–water partition coefficient (Wildman–Crippen LogP) is 3.90. The van der Waals surface area contributed by atoms with Gasteiger partial charge in [-0.05, 0) is 53.1 Å². The summed E-state index contributed by atoms with van der Waals surface area (Å²) in [7, 11) is -3.12. The number of aryl methyl sites for hydroxylation is 1. The van der Waals surface area contributed by atoms with Crippen molar-refractivity contribution in [2.75, 3.05) is 12.0 Å². The monoisotopic (exact) mass is 506 g/mol. The quantitative estimate of drug-likeness (QED) is 0.423. The third-order valence-corrected chi connectivity index (χ3v) is 7.15. The maximum absolute atomic E-state index is 13.2. The van der Waals surface area contributed by atoms with Gasteiger partial charge in [-0.25, -0.2) is 8.42 Å². The molecule has 1 aliphatic rings. The number of rotatable bonds is 11. The highest BCUT2D eigenvalue weighted by atomic mass is 32.2. The summed E-state index contributed by atoms with van der Waals surface area (Å²) in [5.74, 6) is -0.736. The maximum atomic E-state index is 13.2. The number of hydrogen-bond acceptors (Lipinski definition) is 5. The van der Waals surface area contributed by atoms with Gasteiger partial charge in [0.2, 0.25) is 5.91 Å². The van der Waals surface area contributed by atoms with E-state index in [-0.39, 0.29) is 24.0 Å². The first-order valence-electron chi connectivity index (χ1n) is 12.0. The van der Waals surface area contributed by atoms with E-state index in [4.69, 9.17) is 0 Å². The van der Waals surface area contributed by atoms with E-state index in [1.54, 1.807) is 12.3 Å². The number of sulfone groups is 1. The number of aliphatic carboxylic acids is 1. The van der Waals surface area contributed by atoms with E-state index in [2.05, 4.69) is 4.98 Å².